The summed E-state index contributed by atoms with van der Waals surface area (Å²) < 4.78 is 0. The van der Waals surface area contributed by atoms with Crippen LogP contribution in [0, 0.1) is 0 Å². The predicted molar refractivity (Wildman–Crippen MR) is 218 cm³/mol. The van der Waals surface area contributed by atoms with E-state index in [0.717, 1.165) is 29.5 Å². The van der Waals surface area contributed by atoms with E-state index < -0.39 is 0 Å². The van der Waals surface area contributed by atoms with Gasteiger partial charge in [-0.1, -0.05) is 229 Å². The lowest BCUT2D eigenvalue weighted by Crippen LogP contribution is -1.92. The average Bonchev–Trinajstić information content (AvgIpc) is 3.12. The van der Waals surface area contributed by atoms with E-state index in [1.807, 2.05) is 12.1 Å². The van der Waals surface area contributed by atoms with Crippen molar-refractivity contribution in [3.05, 3.63) is 77.9 Å². The molecule has 3 aromatic rings. The molecule has 0 aliphatic carbocycles. The van der Waals surface area contributed by atoms with Gasteiger partial charge < -0.3 is 5.11 Å². The molecule has 1 N–H and O–H groups in total. The average molecular weight is 667 g/mol. The highest BCUT2D eigenvalue weighted by molar-refractivity contribution is 5.87. The van der Waals surface area contributed by atoms with Crippen molar-refractivity contribution < 1.29 is 5.11 Å². The lowest BCUT2D eigenvalue weighted by Gasteiger charge is -2.14. The van der Waals surface area contributed by atoms with Crippen LogP contribution in [0.15, 0.2) is 66.7 Å². The van der Waals surface area contributed by atoms with Crippen molar-refractivity contribution in [2.75, 3.05) is 0 Å². The maximum absolute atomic E-state index is 11.1. The first-order chi connectivity index (χ1) is 24.2. The topological polar surface area (TPSA) is 20.2 Å². The van der Waals surface area contributed by atoms with Gasteiger partial charge in [-0.25, -0.2) is 0 Å². The van der Waals surface area contributed by atoms with Crippen LogP contribution >= 0.6 is 0 Å². The van der Waals surface area contributed by atoms with Gasteiger partial charge in [-0.05, 0) is 59.6 Å². The van der Waals surface area contributed by atoms with Crippen molar-refractivity contribution in [2.45, 2.75) is 194 Å². The molecule has 0 saturated heterocycles. The van der Waals surface area contributed by atoms with Crippen LogP contribution in [-0.2, 0) is 12.8 Å². The molecule has 0 aromatic heterocycles. The van der Waals surface area contributed by atoms with E-state index in [9.17, 15) is 5.11 Å². The second-order valence-electron chi connectivity index (χ2n) is 15.1. The van der Waals surface area contributed by atoms with Gasteiger partial charge in [-0.15, -0.1) is 0 Å². The third kappa shape index (κ3) is 17.8. The molecule has 0 aliphatic heterocycles. The zero-order chi connectivity index (χ0) is 34.6. The molecule has 0 unspecified atom stereocenters. The van der Waals surface area contributed by atoms with Gasteiger partial charge in [-0.2, -0.15) is 0 Å². The highest BCUT2D eigenvalue weighted by Gasteiger charge is 2.13. The van der Waals surface area contributed by atoms with E-state index in [-0.39, 0.29) is 0 Å². The minimum Gasteiger partial charge on any atom is -0.507 e. The zero-order valence-electron chi connectivity index (χ0n) is 32.1. The first-order valence-electron chi connectivity index (χ1n) is 21.2. The van der Waals surface area contributed by atoms with Crippen LogP contribution in [0.1, 0.15) is 192 Å². The number of hydrogen-bond acceptors (Lipinski definition) is 1. The number of hydrogen-bond donors (Lipinski definition) is 1. The van der Waals surface area contributed by atoms with E-state index >= 15 is 0 Å². The molecule has 1 nitrogen and oxygen atoms in total. The van der Waals surface area contributed by atoms with Crippen LogP contribution in [0.5, 0.6) is 5.75 Å². The minimum absolute atomic E-state index is 0.373. The van der Waals surface area contributed by atoms with Crippen molar-refractivity contribution in [1.29, 1.82) is 0 Å². The number of unbranched alkanes of at least 4 members (excludes halogenated alkanes) is 24. The number of phenolic OH excluding ortho intramolecular Hbond substituents is 1. The lowest BCUT2D eigenvalue weighted by molar-refractivity contribution is 0.477. The molecule has 0 amide bonds. The Labute approximate surface area is 303 Å². The Bertz CT molecular complexity index is 1230. The van der Waals surface area contributed by atoms with Gasteiger partial charge in [0.2, 0.25) is 0 Å². The Hall–Kier alpha value is -2.54. The van der Waals surface area contributed by atoms with Crippen molar-refractivity contribution in [2.24, 2.45) is 0 Å². The van der Waals surface area contributed by atoms with Crippen LogP contribution in [0.2, 0.25) is 0 Å². The number of aromatic hydroxyl groups is 1. The lowest BCUT2D eigenvalue weighted by atomic mass is 9.91. The van der Waals surface area contributed by atoms with Gasteiger partial charge >= 0.3 is 0 Å². The molecule has 3 aromatic carbocycles. The molecule has 0 heterocycles. The summed E-state index contributed by atoms with van der Waals surface area (Å²) in [5, 5.41) is 11.1. The highest BCUT2D eigenvalue weighted by atomic mass is 16.3. The van der Waals surface area contributed by atoms with Crippen LogP contribution in [0.25, 0.3) is 22.3 Å². The van der Waals surface area contributed by atoms with E-state index in [2.05, 4.69) is 68.4 Å². The van der Waals surface area contributed by atoms with Crippen LogP contribution in [-0.4, -0.2) is 5.11 Å². The standard InChI is InChI=1S/C48H74O/c1-3-5-7-9-11-13-15-17-19-21-23-25-27-32-42-34-29-36-44(40-42)46-38-31-39-47(49)48(46)45-37-30-35-43(41-45)33-28-26-24-22-20-18-16-14-12-10-8-6-4-2/h29-31,34-41,49H,3-28,32-33H2,1-2H3. The van der Waals surface area contributed by atoms with Gasteiger partial charge in [-0.3, -0.25) is 0 Å². The van der Waals surface area contributed by atoms with Crippen LogP contribution < -0.4 is 0 Å². The van der Waals surface area contributed by atoms with Gasteiger partial charge in [0.1, 0.15) is 5.75 Å². The predicted octanol–water partition coefficient (Wildman–Crippen LogP) is 16.0. The van der Waals surface area contributed by atoms with Crippen LogP contribution in [0.3, 0.4) is 0 Å². The van der Waals surface area contributed by atoms with Crippen molar-refractivity contribution in [1.82, 2.24) is 0 Å². The first-order valence-corrected chi connectivity index (χ1v) is 21.2. The molecule has 0 bridgehead atoms. The van der Waals surface area contributed by atoms with Crippen molar-refractivity contribution >= 4 is 0 Å². The minimum atomic E-state index is 0.373. The molecular weight excluding hydrogens is 593 g/mol. The maximum Gasteiger partial charge on any atom is 0.124 e. The SMILES string of the molecule is CCCCCCCCCCCCCCCc1cccc(-c2cccc(O)c2-c2cccc(CCCCCCCCCCCCCCC)c2)c1. The molecule has 0 saturated carbocycles. The van der Waals surface area contributed by atoms with Gasteiger partial charge in [0.25, 0.3) is 0 Å². The summed E-state index contributed by atoms with van der Waals surface area (Å²) in [5.41, 5.74) is 7.22. The molecule has 0 fully saturated rings. The van der Waals surface area contributed by atoms with Crippen molar-refractivity contribution in [3.63, 3.8) is 0 Å². The summed E-state index contributed by atoms with van der Waals surface area (Å²) >= 11 is 0. The molecule has 0 atom stereocenters. The molecule has 272 valence electrons. The summed E-state index contributed by atoms with van der Waals surface area (Å²) in [6, 6.07) is 24.0. The summed E-state index contributed by atoms with van der Waals surface area (Å²) in [6.07, 6.45) is 38.4. The fourth-order valence-corrected chi connectivity index (χ4v) is 7.55. The molecule has 0 spiro atoms. The van der Waals surface area contributed by atoms with Crippen LogP contribution in [0.4, 0.5) is 0 Å². The summed E-state index contributed by atoms with van der Waals surface area (Å²) in [6.45, 7) is 4.59. The van der Waals surface area contributed by atoms with Gasteiger partial charge in [0, 0.05) is 5.56 Å². The van der Waals surface area contributed by atoms with Gasteiger partial charge in [0.15, 0.2) is 0 Å². The summed E-state index contributed by atoms with van der Waals surface area (Å²) in [5.74, 6) is 0.373. The number of benzene rings is 3. The first kappa shape index (κ1) is 40.9. The monoisotopic (exact) mass is 667 g/mol. The largest absolute Gasteiger partial charge is 0.507 e. The maximum atomic E-state index is 11.1. The third-order valence-corrected chi connectivity index (χ3v) is 10.6. The van der Waals surface area contributed by atoms with Gasteiger partial charge in [0.05, 0.1) is 0 Å². The zero-order valence-corrected chi connectivity index (χ0v) is 32.1. The third-order valence-electron chi connectivity index (χ3n) is 10.6. The molecule has 0 aliphatic rings. The Morgan fingerprint density at radius 2 is 0.714 bits per heavy atom. The second-order valence-corrected chi connectivity index (χ2v) is 15.1. The quantitative estimate of drug-likeness (QED) is 0.0702. The fourth-order valence-electron chi connectivity index (χ4n) is 7.55. The Morgan fingerprint density at radius 3 is 1.14 bits per heavy atom. The molecule has 49 heavy (non-hydrogen) atoms. The number of phenols is 1. The fraction of sp³-hybridized carbons (Fsp3) is 0.625. The van der Waals surface area contributed by atoms with E-state index in [4.69, 9.17) is 0 Å². The normalized spacial score (nSPS) is 11.4. The summed E-state index contributed by atoms with van der Waals surface area (Å²) in [7, 11) is 0. The molecule has 3 rings (SSSR count). The number of rotatable bonds is 30. The Kier molecular flexibility index (Phi) is 22.7. The number of aryl methyl sites for hydroxylation is 2. The molecular formula is C48H74O. The van der Waals surface area contributed by atoms with E-state index in [1.54, 1.807) is 0 Å². The van der Waals surface area contributed by atoms with E-state index in [1.165, 1.54) is 184 Å². The molecule has 0 radical (unpaired) electrons. The highest BCUT2D eigenvalue weighted by Crippen LogP contribution is 2.39. The van der Waals surface area contributed by atoms with E-state index in [0.29, 0.717) is 5.75 Å². The second kappa shape index (κ2) is 27.2. The van der Waals surface area contributed by atoms with Crippen molar-refractivity contribution in [3.8, 4) is 28.0 Å². The summed E-state index contributed by atoms with van der Waals surface area (Å²) in [4.78, 5) is 0. The smallest absolute Gasteiger partial charge is 0.124 e. The Balaban J connectivity index is 1.39. The Morgan fingerprint density at radius 1 is 0.367 bits per heavy atom. The molecule has 1 heteroatoms.